The molecule has 0 aromatic rings. The summed E-state index contributed by atoms with van der Waals surface area (Å²) in [5.41, 5.74) is 0.821. The summed E-state index contributed by atoms with van der Waals surface area (Å²) in [6, 6.07) is 0. The van der Waals surface area contributed by atoms with Gasteiger partial charge in [0.05, 0.1) is 5.31 Å². The van der Waals surface area contributed by atoms with E-state index in [4.69, 9.17) is 13.8 Å². The largest absolute Gasteiger partial charge is 0.467 e. The van der Waals surface area contributed by atoms with Gasteiger partial charge in [-0.15, -0.1) is 0 Å². The number of hydrogen-bond acceptors (Lipinski definition) is 4. The normalized spacial score (nSPS) is 17.6. The molecule has 0 atom stereocenters. The molecule has 5 heteroatoms. The van der Waals surface area contributed by atoms with Crippen LogP contribution in [0, 0.1) is 0 Å². The van der Waals surface area contributed by atoms with Gasteiger partial charge in [0, 0.05) is 14.2 Å². The highest BCUT2D eigenvalue weighted by molar-refractivity contribution is 7.58. The van der Waals surface area contributed by atoms with Gasteiger partial charge in [-0.3, -0.25) is 4.57 Å². The van der Waals surface area contributed by atoms with E-state index in [0.29, 0.717) is 11.1 Å². The highest BCUT2D eigenvalue weighted by atomic mass is 31.2. The van der Waals surface area contributed by atoms with Crippen LogP contribution in [0.2, 0.25) is 0 Å². The predicted octanol–water partition coefficient (Wildman–Crippen LogP) is 3.58. The van der Waals surface area contributed by atoms with Crippen LogP contribution in [0.5, 0.6) is 0 Å². The molecule has 0 unspecified atom stereocenters. The van der Waals surface area contributed by atoms with Crippen molar-refractivity contribution in [3.05, 3.63) is 34.6 Å². The third kappa shape index (κ3) is 2.64. The second-order valence-electron chi connectivity index (χ2n) is 3.54. The van der Waals surface area contributed by atoms with E-state index in [9.17, 15) is 4.57 Å². The minimum atomic E-state index is -3.23. The Morgan fingerprint density at radius 1 is 1.06 bits per heavy atom. The zero-order chi connectivity index (χ0) is 12.3. The highest BCUT2D eigenvalue weighted by Crippen LogP contribution is 2.57. The van der Waals surface area contributed by atoms with Gasteiger partial charge in [-0.05, 0) is 38.5 Å². The first-order valence-electron chi connectivity index (χ1n) is 4.90. The maximum atomic E-state index is 12.3. The van der Waals surface area contributed by atoms with Crippen LogP contribution >= 0.6 is 7.60 Å². The molecule has 4 nitrogen and oxygen atoms in total. The van der Waals surface area contributed by atoms with Gasteiger partial charge >= 0.3 is 7.60 Å². The van der Waals surface area contributed by atoms with Crippen LogP contribution in [-0.4, -0.2) is 14.2 Å². The minimum absolute atomic E-state index is 0.534. The Kier molecular flexibility index (Phi) is 4.14. The molecule has 0 fully saturated rings. The molecule has 1 aliphatic heterocycles. The highest BCUT2D eigenvalue weighted by Gasteiger charge is 2.28. The first-order valence-corrected chi connectivity index (χ1v) is 6.44. The van der Waals surface area contributed by atoms with Crippen LogP contribution in [0.15, 0.2) is 34.6 Å². The molecule has 0 spiro atoms. The average Bonchev–Trinajstić information content (AvgIpc) is 2.36. The van der Waals surface area contributed by atoms with Gasteiger partial charge in [0.2, 0.25) is 0 Å². The first kappa shape index (κ1) is 13.2. The van der Waals surface area contributed by atoms with E-state index in [1.807, 2.05) is 19.9 Å². The van der Waals surface area contributed by atoms with Gasteiger partial charge in [-0.2, -0.15) is 0 Å². The van der Waals surface area contributed by atoms with E-state index in [1.54, 1.807) is 13.0 Å². The summed E-state index contributed by atoms with van der Waals surface area (Å²) >= 11 is 0. The number of ether oxygens (including phenoxy) is 1. The fourth-order valence-corrected chi connectivity index (χ4v) is 2.94. The molecule has 1 aliphatic rings. The summed E-state index contributed by atoms with van der Waals surface area (Å²) < 4.78 is 27.7. The van der Waals surface area contributed by atoms with E-state index in [0.717, 1.165) is 11.3 Å². The van der Waals surface area contributed by atoms with Crippen molar-refractivity contribution in [3.8, 4) is 0 Å². The van der Waals surface area contributed by atoms with Crippen LogP contribution in [0.1, 0.15) is 20.8 Å². The van der Waals surface area contributed by atoms with E-state index >= 15 is 0 Å². The molecule has 0 aromatic heterocycles. The Bertz CT molecular complexity index is 410. The van der Waals surface area contributed by atoms with Crippen molar-refractivity contribution < 1.29 is 18.3 Å². The molecule has 0 aliphatic carbocycles. The van der Waals surface area contributed by atoms with Crippen LogP contribution in [0.4, 0.5) is 0 Å². The van der Waals surface area contributed by atoms with Crippen LogP contribution in [0.3, 0.4) is 0 Å². The average molecular weight is 244 g/mol. The SMILES string of the molecule is COP(=O)(OC)C1=C(C)C=C(C)OC(C)=C1. The van der Waals surface area contributed by atoms with Crippen molar-refractivity contribution >= 4 is 7.60 Å². The molecule has 0 saturated carbocycles. The lowest BCUT2D eigenvalue weighted by Crippen LogP contribution is -1.93. The Labute approximate surface area is 96.1 Å². The Morgan fingerprint density at radius 3 is 2.06 bits per heavy atom. The van der Waals surface area contributed by atoms with Gasteiger partial charge in [-0.1, -0.05) is 0 Å². The van der Waals surface area contributed by atoms with Crippen molar-refractivity contribution in [1.29, 1.82) is 0 Å². The van der Waals surface area contributed by atoms with Crippen LogP contribution in [-0.2, 0) is 18.3 Å². The summed E-state index contributed by atoms with van der Waals surface area (Å²) in [4.78, 5) is 0. The Morgan fingerprint density at radius 2 is 1.56 bits per heavy atom. The Balaban J connectivity index is 3.34. The molecule has 90 valence electrons. The summed E-state index contributed by atoms with van der Waals surface area (Å²) in [6.07, 6.45) is 3.50. The standard InChI is InChI=1S/C11H17O4P/c1-8-6-9(2)15-10(3)7-11(8)16(12,13-4)14-5/h6-7H,1-5H3. The maximum absolute atomic E-state index is 12.3. The molecular formula is C11H17O4P. The van der Waals surface area contributed by atoms with Gasteiger partial charge in [0.25, 0.3) is 0 Å². The molecular weight excluding hydrogens is 227 g/mol. The summed E-state index contributed by atoms with van der Waals surface area (Å²) in [7, 11) is -0.484. The summed E-state index contributed by atoms with van der Waals surface area (Å²) in [5, 5.41) is 0.534. The van der Waals surface area contributed by atoms with Crippen molar-refractivity contribution in [2.75, 3.05) is 14.2 Å². The van der Waals surface area contributed by atoms with E-state index in [-0.39, 0.29) is 0 Å². The summed E-state index contributed by atoms with van der Waals surface area (Å²) in [6.45, 7) is 5.49. The first-order chi connectivity index (χ1) is 7.42. The molecule has 0 bridgehead atoms. The van der Waals surface area contributed by atoms with Crippen molar-refractivity contribution in [1.82, 2.24) is 0 Å². The van der Waals surface area contributed by atoms with Crippen LogP contribution in [0.25, 0.3) is 0 Å². The molecule has 1 heterocycles. The lowest BCUT2D eigenvalue weighted by molar-refractivity contribution is 0.283. The lowest BCUT2D eigenvalue weighted by atomic mass is 10.2. The van der Waals surface area contributed by atoms with Gasteiger partial charge in [0.15, 0.2) is 0 Å². The number of rotatable bonds is 3. The third-order valence-electron chi connectivity index (χ3n) is 2.26. The molecule has 0 N–H and O–H groups in total. The monoisotopic (exact) mass is 244 g/mol. The molecule has 0 aromatic carbocycles. The fourth-order valence-electron chi connectivity index (χ4n) is 1.56. The molecule has 0 radical (unpaired) electrons. The number of hydrogen-bond donors (Lipinski definition) is 0. The van der Waals surface area contributed by atoms with E-state index in [1.165, 1.54) is 14.2 Å². The summed E-state index contributed by atoms with van der Waals surface area (Å²) in [5.74, 6) is 1.41. The quantitative estimate of drug-likeness (QED) is 0.712. The molecule has 16 heavy (non-hydrogen) atoms. The van der Waals surface area contributed by atoms with Crippen LogP contribution < -0.4 is 0 Å². The van der Waals surface area contributed by atoms with Gasteiger partial charge < -0.3 is 13.8 Å². The maximum Gasteiger partial charge on any atom is 0.361 e. The van der Waals surface area contributed by atoms with E-state index < -0.39 is 7.60 Å². The van der Waals surface area contributed by atoms with Gasteiger partial charge in [-0.25, -0.2) is 0 Å². The molecule has 0 saturated heterocycles. The smallest absolute Gasteiger partial charge is 0.361 e. The lowest BCUT2D eigenvalue weighted by Gasteiger charge is -2.15. The molecule has 0 amide bonds. The Hall–Kier alpha value is -0.830. The molecule has 1 rings (SSSR count). The fraction of sp³-hybridized carbons (Fsp3) is 0.455. The van der Waals surface area contributed by atoms with Crippen molar-refractivity contribution in [2.24, 2.45) is 0 Å². The van der Waals surface area contributed by atoms with Crippen molar-refractivity contribution in [2.45, 2.75) is 20.8 Å². The predicted molar refractivity (Wildman–Crippen MR) is 62.9 cm³/mol. The zero-order valence-corrected chi connectivity index (χ0v) is 11.1. The second kappa shape index (κ2) is 5.00. The van der Waals surface area contributed by atoms with Gasteiger partial charge in [0.1, 0.15) is 11.5 Å². The third-order valence-corrected chi connectivity index (χ3v) is 4.29. The zero-order valence-electron chi connectivity index (χ0n) is 10.2. The van der Waals surface area contributed by atoms with Crippen molar-refractivity contribution in [3.63, 3.8) is 0 Å². The minimum Gasteiger partial charge on any atom is -0.467 e. The second-order valence-corrected chi connectivity index (χ2v) is 5.75. The number of allylic oxidation sites excluding steroid dienone is 6. The topological polar surface area (TPSA) is 44.8 Å². The van der Waals surface area contributed by atoms with E-state index in [2.05, 4.69) is 0 Å².